The Morgan fingerprint density at radius 2 is 2.04 bits per heavy atom. The third-order valence-electron chi connectivity index (χ3n) is 3.56. The fourth-order valence-corrected chi connectivity index (χ4v) is 2.37. The average Bonchev–Trinajstić information content (AvgIpc) is 2.59. The highest BCUT2D eigenvalue weighted by Crippen LogP contribution is 2.32. The third-order valence-corrected chi connectivity index (χ3v) is 3.56. The van der Waals surface area contributed by atoms with Gasteiger partial charge in [0.25, 0.3) is 5.91 Å². The highest BCUT2D eigenvalue weighted by molar-refractivity contribution is 6.02. The van der Waals surface area contributed by atoms with E-state index in [4.69, 9.17) is 15.2 Å². The molecule has 1 atom stereocenters. The first-order chi connectivity index (χ1) is 11.5. The number of benzene rings is 1. The zero-order valence-corrected chi connectivity index (χ0v) is 13.1. The second kappa shape index (κ2) is 6.57. The molecule has 1 unspecified atom stereocenters. The van der Waals surface area contributed by atoms with Crippen LogP contribution in [0.4, 0.5) is 11.6 Å². The van der Waals surface area contributed by atoms with E-state index in [0.717, 1.165) is 5.56 Å². The Hall–Kier alpha value is -3.09. The molecule has 1 amide bonds. The first-order valence-electron chi connectivity index (χ1n) is 7.48. The summed E-state index contributed by atoms with van der Waals surface area (Å²) in [5.74, 6) is -0.0157. The lowest BCUT2D eigenvalue weighted by Gasteiger charge is -2.31. The molecule has 1 aliphatic rings. The quantitative estimate of drug-likeness (QED) is 0.856. The molecule has 1 aliphatic heterocycles. The summed E-state index contributed by atoms with van der Waals surface area (Å²) in [6, 6.07) is 12.5. The van der Waals surface area contributed by atoms with E-state index in [2.05, 4.69) is 4.98 Å². The average molecular weight is 327 g/mol. The van der Waals surface area contributed by atoms with Crippen molar-refractivity contribution in [1.82, 2.24) is 4.98 Å². The number of fused-ring (bicyclic) bond motifs is 1. The lowest BCUT2D eigenvalue weighted by Crippen LogP contribution is -2.47. The molecule has 7 heteroatoms. The molecule has 24 heavy (non-hydrogen) atoms. The van der Waals surface area contributed by atoms with Crippen molar-refractivity contribution in [2.24, 2.45) is 0 Å². The van der Waals surface area contributed by atoms with Crippen LogP contribution in [0, 0.1) is 0 Å². The smallest absolute Gasteiger partial charge is 0.326 e. The van der Waals surface area contributed by atoms with Gasteiger partial charge in [0.2, 0.25) is 0 Å². The minimum atomic E-state index is -0.704. The van der Waals surface area contributed by atoms with Crippen LogP contribution in [0.15, 0.2) is 42.5 Å². The topological polar surface area (TPSA) is 94.8 Å². The van der Waals surface area contributed by atoms with Crippen molar-refractivity contribution in [3.05, 3.63) is 48.0 Å². The van der Waals surface area contributed by atoms with Gasteiger partial charge in [0.1, 0.15) is 19.0 Å². The van der Waals surface area contributed by atoms with E-state index in [1.165, 1.54) is 4.90 Å². The van der Waals surface area contributed by atoms with Crippen molar-refractivity contribution < 1.29 is 19.1 Å². The van der Waals surface area contributed by atoms with Crippen molar-refractivity contribution in [2.75, 3.05) is 17.2 Å². The van der Waals surface area contributed by atoms with Gasteiger partial charge in [-0.05, 0) is 24.6 Å². The summed E-state index contributed by atoms with van der Waals surface area (Å²) in [7, 11) is 0. The van der Waals surface area contributed by atoms with Crippen molar-refractivity contribution in [3.63, 3.8) is 0 Å². The number of ether oxygens (including phenoxy) is 2. The Kier molecular flexibility index (Phi) is 4.33. The maximum atomic E-state index is 12.3. The molecule has 2 heterocycles. The van der Waals surface area contributed by atoms with Gasteiger partial charge in [0.05, 0.1) is 0 Å². The van der Waals surface area contributed by atoms with E-state index < -0.39 is 12.1 Å². The molecule has 1 aromatic carbocycles. The summed E-state index contributed by atoms with van der Waals surface area (Å²) in [4.78, 5) is 29.8. The predicted molar refractivity (Wildman–Crippen MR) is 87.3 cm³/mol. The number of carbonyl (C=O) groups excluding carboxylic acids is 2. The number of rotatable bonds is 4. The number of hydrogen-bond acceptors (Lipinski definition) is 6. The second-order valence-electron chi connectivity index (χ2n) is 5.39. The summed E-state index contributed by atoms with van der Waals surface area (Å²) in [5.41, 5.74) is 6.54. The van der Waals surface area contributed by atoms with Crippen LogP contribution in [-0.4, -0.2) is 29.5 Å². The van der Waals surface area contributed by atoms with Crippen molar-refractivity contribution in [2.45, 2.75) is 19.6 Å². The van der Waals surface area contributed by atoms with Gasteiger partial charge in [-0.3, -0.25) is 14.5 Å². The van der Waals surface area contributed by atoms with Crippen molar-refractivity contribution in [3.8, 4) is 5.75 Å². The molecule has 0 spiro atoms. The molecule has 0 radical (unpaired) electrons. The molecular weight excluding hydrogens is 310 g/mol. The summed E-state index contributed by atoms with van der Waals surface area (Å²) in [6.45, 7) is 1.51. The Labute approximate surface area is 139 Å². The number of carbonyl (C=O) groups is 2. The lowest BCUT2D eigenvalue weighted by atomic mass is 10.2. The maximum Gasteiger partial charge on any atom is 0.326 e. The number of anilines is 2. The van der Waals surface area contributed by atoms with E-state index in [-0.39, 0.29) is 30.7 Å². The van der Waals surface area contributed by atoms with Crippen molar-refractivity contribution in [1.29, 1.82) is 0 Å². The van der Waals surface area contributed by atoms with Gasteiger partial charge < -0.3 is 15.2 Å². The van der Waals surface area contributed by atoms with Gasteiger partial charge in [-0.25, -0.2) is 4.98 Å². The zero-order valence-electron chi connectivity index (χ0n) is 13.1. The van der Waals surface area contributed by atoms with Crippen LogP contribution in [0.25, 0.3) is 0 Å². The van der Waals surface area contributed by atoms with Crippen LogP contribution in [0.1, 0.15) is 12.5 Å². The standard InChI is InChI=1S/C17H17N3O4/c1-11-17(22)20(16-13(24-11)7-8-14(18)19-16)9-15(21)23-10-12-5-3-2-4-6-12/h2-8,11H,9-10H2,1H3,(H2,18,19). The van der Waals surface area contributed by atoms with Crippen LogP contribution in [0.2, 0.25) is 0 Å². The Balaban J connectivity index is 1.72. The van der Waals surface area contributed by atoms with E-state index in [0.29, 0.717) is 5.75 Å². The number of nitrogens with two attached hydrogens (primary N) is 1. The summed E-state index contributed by atoms with van der Waals surface area (Å²) in [6.07, 6.45) is -0.704. The molecule has 1 aromatic heterocycles. The van der Waals surface area contributed by atoms with Gasteiger partial charge in [-0.1, -0.05) is 30.3 Å². The summed E-state index contributed by atoms with van der Waals surface area (Å²) < 4.78 is 10.7. The van der Waals surface area contributed by atoms with Crippen LogP contribution in [-0.2, 0) is 20.9 Å². The van der Waals surface area contributed by atoms with Gasteiger partial charge in [-0.2, -0.15) is 0 Å². The molecule has 3 rings (SSSR count). The minimum Gasteiger partial charge on any atom is -0.477 e. The first kappa shape index (κ1) is 15.8. The molecule has 0 saturated carbocycles. The maximum absolute atomic E-state index is 12.3. The van der Waals surface area contributed by atoms with Crippen LogP contribution < -0.4 is 15.4 Å². The van der Waals surface area contributed by atoms with Gasteiger partial charge in [0.15, 0.2) is 17.7 Å². The Bertz CT molecular complexity index is 764. The predicted octanol–water partition coefficient (Wildman–Crippen LogP) is 1.52. The highest BCUT2D eigenvalue weighted by Gasteiger charge is 2.34. The van der Waals surface area contributed by atoms with E-state index in [1.54, 1.807) is 19.1 Å². The molecular formula is C17H17N3O4. The van der Waals surface area contributed by atoms with E-state index in [1.807, 2.05) is 30.3 Å². The number of esters is 1. The van der Waals surface area contributed by atoms with E-state index in [9.17, 15) is 9.59 Å². The third kappa shape index (κ3) is 3.29. The molecule has 2 aromatic rings. The molecule has 0 fully saturated rings. The van der Waals surface area contributed by atoms with E-state index >= 15 is 0 Å². The van der Waals surface area contributed by atoms with Crippen LogP contribution >= 0.6 is 0 Å². The second-order valence-corrected chi connectivity index (χ2v) is 5.39. The monoisotopic (exact) mass is 327 g/mol. The SMILES string of the molecule is CC1Oc2ccc(N)nc2N(CC(=O)OCc2ccccc2)C1=O. The lowest BCUT2D eigenvalue weighted by molar-refractivity contribution is -0.144. The molecule has 0 bridgehead atoms. The number of hydrogen-bond donors (Lipinski definition) is 1. The molecule has 2 N–H and O–H groups in total. The summed E-state index contributed by atoms with van der Waals surface area (Å²) in [5, 5.41) is 0. The van der Waals surface area contributed by atoms with Crippen molar-refractivity contribution >= 4 is 23.5 Å². The van der Waals surface area contributed by atoms with Gasteiger partial charge in [-0.15, -0.1) is 0 Å². The molecule has 0 aliphatic carbocycles. The molecule has 0 saturated heterocycles. The zero-order chi connectivity index (χ0) is 17.1. The largest absolute Gasteiger partial charge is 0.477 e. The number of amides is 1. The summed E-state index contributed by atoms with van der Waals surface area (Å²) >= 11 is 0. The normalized spacial score (nSPS) is 16.3. The van der Waals surface area contributed by atoms with Gasteiger partial charge in [0, 0.05) is 0 Å². The number of pyridine rings is 1. The Morgan fingerprint density at radius 3 is 2.79 bits per heavy atom. The fourth-order valence-electron chi connectivity index (χ4n) is 2.37. The first-order valence-corrected chi connectivity index (χ1v) is 7.48. The van der Waals surface area contributed by atoms with Crippen LogP contribution in [0.5, 0.6) is 5.75 Å². The number of nitrogen functional groups attached to an aromatic ring is 1. The Morgan fingerprint density at radius 1 is 1.29 bits per heavy atom. The van der Waals surface area contributed by atoms with Gasteiger partial charge >= 0.3 is 5.97 Å². The van der Waals surface area contributed by atoms with Crippen LogP contribution in [0.3, 0.4) is 0 Å². The molecule has 7 nitrogen and oxygen atoms in total. The minimum absolute atomic E-state index is 0.144. The fraction of sp³-hybridized carbons (Fsp3) is 0.235. The molecule has 124 valence electrons. The highest BCUT2D eigenvalue weighted by atomic mass is 16.5. The number of nitrogens with zero attached hydrogens (tertiary/aromatic N) is 2. The number of aromatic nitrogens is 1.